The quantitative estimate of drug-likeness (QED) is 0.820. The van der Waals surface area contributed by atoms with Crippen molar-refractivity contribution in [3.63, 3.8) is 0 Å². The molecule has 0 spiro atoms. The van der Waals surface area contributed by atoms with E-state index in [9.17, 15) is 14.7 Å². The van der Waals surface area contributed by atoms with Gasteiger partial charge in [0.1, 0.15) is 24.2 Å². The van der Waals surface area contributed by atoms with Crippen molar-refractivity contribution < 1.29 is 14.3 Å². The third-order valence-corrected chi connectivity index (χ3v) is 3.98. The zero-order chi connectivity index (χ0) is 16.2. The maximum atomic E-state index is 12.3. The highest BCUT2D eigenvalue weighted by atomic mass is 16.3. The van der Waals surface area contributed by atoms with Crippen LogP contribution in [0.1, 0.15) is 36.9 Å². The van der Waals surface area contributed by atoms with Crippen molar-refractivity contribution in [1.82, 2.24) is 19.7 Å². The molecule has 8 heteroatoms. The fraction of sp³-hybridized carbons (Fsp3) is 0.533. The fourth-order valence-electron chi connectivity index (χ4n) is 2.80. The summed E-state index contributed by atoms with van der Waals surface area (Å²) < 4.78 is 8.01. The molecule has 1 aliphatic heterocycles. The van der Waals surface area contributed by atoms with Crippen molar-refractivity contribution in [2.75, 3.05) is 6.61 Å². The van der Waals surface area contributed by atoms with Crippen molar-refractivity contribution in [3.8, 4) is 0 Å². The summed E-state index contributed by atoms with van der Waals surface area (Å²) in [5.41, 5.74) is -0.254. The number of rotatable bonds is 5. The molecule has 2 aromatic rings. The monoisotopic (exact) mass is 320 g/mol. The van der Waals surface area contributed by atoms with Gasteiger partial charge in [-0.1, -0.05) is 6.42 Å². The van der Waals surface area contributed by atoms with Crippen LogP contribution in [0.4, 0.5) is 0 Å². The Kier molecular flexibility index (Phi) is 4.61. The molecular formula is C15H20N4O4. The van der Waals surface area contributed by atoms with Crippen LogP contribution in [0, 0.1) is 0 Å². The third-order valence-electron chi connectivity index (χ3n) is 3.98. The number of aryl methyl sites for hydroxylation is 1. The standard InChI is InChI=1S/C15H20N4O4/c20-10-11(12-5-4-8-23-12)16-14(21)9-19-15(22)18-7-3-1-2-6-13(18)17-19/h4-5,8,11,20H,1-3,6-7,9-10H2,(H,16,21). The van der Waals surface area contributed by atoms with Crippen LogP contribution in [-0.4, -0.2) is 32.0 Å². The summed E-state index contributed by atoms with van der Waals surface area (Å²) in [5, 5.41) is 16.3. The molecule has 2 N–H and O–H groups in total. The minimum atomic E-state index is -0.631. The Bertz CT molecular complexity index is 716. The van der Waals surface area contributed by atoms with Gasteiger partial charge in [0.05, 0.1) is 12.9 Å². The molecule has 0 saturated carbocycles. The Labute approximate surface area is 132 Å². The van der Waals surface area contributed by atoms with E-state index in [2.05, 4.69) is 10.4 Å². The lowest BCUT2D eigenvalue weighted by molar-refractivity contribution is -0.123. The van der Waals surface area contributed by atoms with Crippen LogP contribution in [0.5, 0.6) is 0 Å². The van der Waals surface area contributed by atoms with Gasteiger partial charge >= 0.3 is 5.69 Å². The van der Waals surface area contributed by atoms with E-state index in [0.717, 1.165) is 31.5 Å². The van der Waals surface area contributed by atoms with E-state index in [0.29, 0.717) is 12.3 Å². The predicted octanol–water partition coefficient (Wildman–Crippen LogP) is 0.214. The molecule has 0 aliphatic carbocycles. The molecule has 8 nitrogen and oxygen atoms in total. The second-order valence-corrected chi connectivity index (χ2v) is 5.64. The predicted molar refractivity (Wildman–Crippen MR) is 80.7 cm³/mol. The number of aromatic nitrogens is 3. The van der Waals surface area contributed by atoms with Crippen LogP contribution in [0.2, 0.25) is 0 Å². The zero-order valence-corrected chi connectivity index (χ0v) is 12.8. The molecule has 0 aromatic carbocycles. The maximum absolute atomic E-state index is 12.3. The average Bonchev–Trinajstić information content (AvgIpc) is 3.09. The minimum Gasteiger partial charge on any atom is -0.467 e. The molecule has 3 heterocycles. The van der Waals surface area contributed by atoms with E-state index in [1.54, 1.807) is 16.7 Å². The summed E-state index contributed by atoms with van der Waals surface area (Å²) >= 11 is 0. The lowest BCUT2D eigenvalue weighted by Crippen LogP contribution is -2.36. The SMILES string of the molecule is O=C(Cn1nc2n(c1=O)CCCCC2)NC(CO)c1ccco1. The molecule has 0 fully saturated rings. The summed E-state index contributed by atoms with van der Waals surface area (Å²) in [5.74, 6) is 0.815. The number of hydrogen-bond donors (Lipinski definition) is 2. The Balaban J connectivity index is 1.69. The van der Waals surface area contributed by atoms with E-state index in [1.165, 1.54) is 10.9 Å². The molecule has 0 radical (unpaired) electrons. The van der Waals surface area contributed by atoms with E-state index >= 15 is 0 Å². The van der Waals surface area contributed by atoms with Gasteiger partial charge in [0.15, 0.2) is 0 Å². The largest absolute Gasteiger partial charge is 0.467 e. The topological polar surface area (TPSA) is 102 Å². The van der Waals surface area contributed by atoms with Crippen molar-refractivity contribution in [3.05, 3.63) is 40.5 Å². The van der Waals surface area contributed by atoms with Crippen molar-refractivity contribution >= 4 is 5.91 Å². The van der Waals surface area contributed by atoms with Gasteiger partial charge in [-0.3, -0.25) is 9.36 Å². The highest BCUT2D eigenvalue weighted by Gasteiger charge is 2.20. The second kappa shape index (κ2) is 6.82. The molecule has 0 bridgehead atoms. The van der Waals surface area contributed by atoms with Crippen LogP contribution >= 0.6 is 0 Å². The zero-order valence-electron chi connectivity index (χ0n) is 12.8. The fourth-order valence-corrected chi connectivity index (χ4v) is 2.80. The van der Waals surface area contributed by atoms with Crippen LogP contribution in [0.3, 0.4) is 0 Å². The molecule has 3 rings (SSSR count). The average molecular weight is 320 g/mol. The first kappa shape index (κ1) is 15.5. The smallest absolute Gasteiger partial charge is 0.346 e. The van der Waals surface area contributed by atoms with E-state index < -0.39 is 11.9 Å². The Morgan fingerprint density at radius 2 is 2.30 bits per heavy atom. The molecular weight excluding hydrogens is 300 g/mol. The van der Waals surface area contributed by atoms with Crippen LogP contribution < -0.4 is 11.0 Å². The summed E-state index contributed by atoms with van der Waals surface area (Å²) in [6.45, 7) is 0.200. The van der Waals surface area contributed by atoms with Gasteiger partial charge < -0.3 is 14.8 Å². The van der Waals surface area contributed by atoms with Gasteiger partial charge in [0.2, 0.25) is 5.91 Å². The minimum absolute atomic E-state index is 0.171. The summed E-state index contributed by atoms with van der Waals surface area (Å²) in [6.07, 6.45) is 5.28. The lowest BCUT2D eigenvalue weighted by Gasteiger charge is -2.13. The van der Waals surface area contributed by atoms with Gasteiger partial charge in [0.25, 0.3) is 0 Å². The maximum Gasteiger partial charge on any atom is 0.346 e. The number of carbonyl (C=O) groups is 1. The number of aliphatic hydroxyl groups excluding tert-OH is 1. The van der Waals surface area contributed by atoms with Crippen molar-refractivity contribution in [1.29, 1.82) is 0 Å². The van der Waals surface area contributed by atoms with E-state index in [1.807, 2.05) is 0 Å². The summed E-state index contributed by atoms with van der Waals surface area (Å²) in [4.78, 5) is 24.4. The first-order chi connectivity index (χ1) is 11.2. The Morgan fingerprint density at radius 1 is 1.43 bits per heavy atom. The number of aliphatic hydroxyl groups is 1. The number of amides is 1. The van der Waals surface area contributed by atoms with Gasteiger partial charge in [-0.25, -0.2) is 9.48 Å². The lowest BCUT2D eigenvalue weighted by atomic mass is 10.2. The molecule has 23 heavy (non-hydrogen) atoms. The summed E-state index contributed by atoms with van der Waals surface area (Å²) in [7, 11) is 0. The number of carbonyl (C=O) groups excluding carboxylic acids is 1. The number of fused-ring (bicyclic) bond motifs is 1. The van der Waals surface area contributed by atoms with Crippen LogP contribution in [-0.2, 0) is 24.3 Å². The number of nitrogens with zero attached hydrogens (tertiary/aromatic N) is 3. The Hall–Kier alpha value is -2.35. The van der Waals surface area contributed by atoms with E-state index in [4.69, 9.17) is 4.42 Å². The summed E-state index contributed by atoms with van der Waals surface area (Å²) in [6, 6.07) is 2.72. The molecule has 2 aromatic heterocycles. The van der Waals surface area contributed by atoms with Crippen molar-refractivity contribution in [2.45, 2.75) is 44.8 Å². The molecule has 1 amide bonds. The van der Waals surface area contributed by atoms with Gasteiger partial charge in [-0.2, -0.15) is 5.10 Å². The van der Waals surface area contributed by atoms with Crippen molar-refractivity contribution in [2.24, 2.45) is 0 Å². The molecule has 1 aliphatic rings. The highest BCUT2D eigenvalue weighted by Crippen LogP contribution is 2.13. The molecule has 124 valence electrons. The van der Waals surface area contributed by atoms with Gasteiger partial charge in [0, 0.05) is 13.0 Å². The number of nitrogens with one attached hydrogen (secondary N) is 1. The molecule has 1 atom stereocenters. The first-order valence-corrected chi connectivity index (χ1v) is 7.79. The van der Waals surface area contributed by atoms with Crippen LogP contribution in [0.15, 0.2) is 27.6 Å². The van der Waals surface area contributed by atoms with Crippen LogP contribution in [0.25, 0.3) is 0 Å². The molecule has 1 unspecified atom stereocenters. The highest BCUT2D eigenvalue weighted by molar-refractivity contribution is 5.76. The first-order valence-electron chi connectivity index (χ1n) is 7.79. The normalized spacial score (nSPS) is 15.7. The van der Waals surface area contributed by atoms with Gasteiger partial charge in [-0.15, -0.1) is 0 Å². The van der Waals surface area contributed by atoms with Gasteiger partial charge in [-0.05, 0) is 25.0 Å². The Morgan fingerprint density at radius 3 is 3.04 bits per heavy atom. The third kappa shape index (κ3) is 3.37. The molecule has 0 saturated heterocycles. The second-order valence-electron chi connectivity index (χ2n) is 5.64. The number of furan rings is 1. The van der Waals surface area contributed by atoms with E-state index in [-0.39, 0.29) is 18.8 Å². The number of hydrogen-bond acceptors (Lipinski definition) is 5.